The summed E-state index contributed by atoms with van der Waals surface area (Å²) in [6, 6.07) is 11.5. The van der Waals surface area contributed by atoms with Crippen molar-refractivity contribution in [3.05, 3.63) is 63.9 Å². The molecule has 0 spiro atoms. The molecule has 1 atom stereocenters. The Morgan fingerprint density at radius 3 is 2.74 bits per heavy atom. The number of hydrogen-bond acceptors (Lipinski definition) is 4. The van der Waals surface area contributed by atoms with Crippen LogP contribution >= 0.6 is 11.3 Å². The van der Waals surface area contributed by atoms with E-state index < -0.39 is 5.97 Å². The maximum absolute atomic E-state index is 11.8. The van der Waals surface area contributed by atoms with Gasteiger partial charge >= 0.3 is 5.97 Å². The Kier molecular flexibility index (Phi) is 6.11. The Hall–Kier alpha value is -2.40. The largest absolute Gasteiger partial charge is 0.452 e. The monoisotopic (exact) mass is 329 g/mol. The molecule has 0 radical (unpaired) electrons. The van der Waals surface area contributed by atoms with E-state index in [-0.39, 0.29) is 18.6 Å². The van der Waals surface area contributed by atoms with Crippen molar-refractivity contribution in [2.24, 2.45) is 0 Å². The number of hydrogen-bond donors (Lipinski definition) is 1. The van der Waals surface area contributed by atoms with Gasteiger partial charge in [-0.3, -0.25) is 4.79 Å². The second-order valence-electron chi connectivity index (χ2n) is 5.10. The second kappa shape index (κ2) is 8.29. The molecule has 4 nitrogen and oxygen atoms in total. The number of rotatable bonds is 6. The molecule has 1 heterocycles. The molecule has 0 aliphatic heterocycles. The van der Waals surface area contributed by atoms with Gasteiger partial charge in [0.1, 0.15) is 0 Å². The van der Waals surface area contributed by atoms with Crippen LogP contribution in [-0.2, 0) is 14.3 Å². The smallest absolute Gasteiger partial charge is 0.331 e. The highest BCUT2D eigenvalue weighted by atomic mass is 32.1. The number of aryl methyl sites for hydroxylation is 1. The molecule has 23 heavy (non-hydrogen) atoms. The molecular formula is C18H19NO3S. The average Bonchev–Trinajstić information content (AvgIpc) is 3.06. The number of ether oxygens (including phenoxy) is 1. The van der Waals surface area contributed by atoms with Crippen LogP contribution in [0.3, 0.4) is 0 Å². The highest BCUT2D eigenvalue weighted by molar-refractivity contribution is 7.10. The highest BCUT2D eigenvalue weighted by Gasteiger charge is 2.11. The predicted molar refractivity (Wildman–Crippen MR) is 92.0 cm³/mol. The second-order valence-corrected chi connectivity index (χ2v) is 6.08. The van der Waals surface area contributed by atoms with Gasteiger partial charge in [0.25, 0.3) is 5.91 Å². The number of carbonyl (C=O) groups excluding carboxylic acids is 2. The number of carbonyl (C=O) groups is 2. The van der Waals surface area contributed by atoms with Crippen LogP contribution in [0.25, 0.3) is 6.08 Å². The first-order valence-corrected chi connectivity index (χ1v) is 8.17. The van der Waals surface area contributed by atoms with Gasteiger partial charge in [-0.25, -0.2) is 4.79 Å². The van der Waals surface area contributed by atoms with Crippen LogP contribution in [0.2, 0.25) is 0 Å². The molecule has 120 valence electrons. The third kappa shape index (κ3) is 5.38. The van der Waals surface area contributed by atoms with Gasteiger partial charge < -0.3 is 10.1 Å². The number of amides is 1. The van der Waals surface area contributed by atoms with Crippen molar-refractivity contribution in [2.75, 3.05) is 6.61 Å². The lowest BCUT2D eigenvalue weighted by Gasteiger charge is -2.11. The van der Waals surface area contributed by atoms with Gasteiger partial charge in [0.15, 0.2) is 6.61 Å². The third-order valence-electron chi connectivity index (χ3n) is 3.28. The maximum Gasteiger partial charge on any atom is 0.331 e. The minimum Gasteiger partial charge on any atom is -0.452 e. The van der Waals surface area contributed by atoms with Gasteiger partial charge in [-0.2, -0.15) is 0 Å². The van der Waals surface area contributed by atoms with E-state index >= 15 is 0 Å². The zero-order valence-electron chi connectivity index (χ0n) is 13.1. The molecule has 2 rings (SSSR count). The highest BCUT2D eigenvalue weighted by Crippen LogP contribution is 2.17. The fraction of sp³-hybridized carbons (Fsp3) is 0.222. The van der Waals surface area contributed by atoms with Crippen molar-refractivity contribution in [3.8, 4) is 0 Å². The maximum atomic E-state index is 11.8. The zero-order chi connectivity index (χ0) is 16.7. The molecule has 0 aliphatic carbocycles. The van der Waals surface area contributed by atoms with Crippen molar-refractivity contribution in [2.45, 2.75) is 19.9 Å². The summed E-state index contributed by atoms with van der Waals surface area (Å²) in [4.78, 5) is 24.5. The molecule has 0 unspecified atom stereocenters. The van der Waals surface area contributed by atoms with Gasteiger partial charge in [0.05, 0.1) is 6.04 Å². The summed E-state index contributed by atoms with van der Waals surface area (Å²) in [7, 11) is 0. The minimum absolute atomic E-state index is 0.0938. The van der Waals surface area contributed by atoms with E-state index in [0.29, 0.717) is 0 Å². The van der Waals surface area contributed by atoms with E-state index in [1.807, 2.05) is 55.6 Å². The third-order valence-corrected chi connectivity index (χ3v) is 4.34. The first-order chi connectivity index (χ1) is 11.1. The summed E-state index contributed by atoms with van der Waals surface area (Å²) < 4.78 is 4.95. The van der Waals surface area contributed by atoms with Crippen molar-refractivity contribution in [3.63, 3.8) is 0 Å². The summed E-state index contributed by atoms with van der Waals surface area (Å²) >= 11 is 1.57. The Morgan fingerprint density at radius 1 is 1.26 bits per heavy atom. The van der Waals surface area contributed by atoms with E-state index in [2.05, 4.69) is 5.32 Å². The topological polar surface area (TPSA) is 55.4 Å². The Morgan fingerprint density at radius 2 is 2.04 bits per heavy atom. The summed E-state index contributed by atoms with van der Waals surface area (Å²) in [5, 5.41) is 4.74. The molecule has 2 aromatic rings. The molecule has 0 fully saturated rings. The van der Waals surface area contributed by atoms with Crippen molar-refractivity contribution in [1.29, 1.82) is 0 Å². The predicted octanol–water partition coefficient (Wildman–Crippen LogP) is 3.49. The van der Waals surface area contributed by atoms with Gasteiger partial charge in [-0.05, 0) is 42.5 Å². The Balaban J connectivity index is 1.78. The van der Waals surface area contributed by atoms with Crippen LogP contribution in [0.15, 0.2) is 47.9 Å². The first-order valence-electron chi connectivity index (χ1n) is 7.29. The number of nitrogens with one attached hydrogen (secondary N) is 1. The van der Waals surface area contributed by atoms with E-state index in [1.165, 1.54) is 6.08 Å². The van der Waals surface area contributed by atoms with Crippen molar-refractivity contribution >= 4 is 29.3 Å². The molecule has 1 N–H and O–H groups in total. The molecular weight excluding hydrogens is 310 g/mol. The molecule has 0 bridgehead atoms. The van der Waals surface area contributed by atoms with E-state index in [1.54, 1.807) is 17.4 Å². The van der Waals surface area contributed by atoms with Gasteiger partial charge in [0, 0.05) is 11.0 Å². The van der Waals surface area contributed by atoms with E-state index in [0.717, 1.165) is 16.0 Å². The number of benzene rings is 1. The number of thiophene rings is 1. The van der Waals surface area contributed by atoms with Gasteiger partial charge in [-0.15, -0.1) is 11.3 Å². The van der Waals surface area contributed by atoms with Crippen molar-refractivity contribution < 1.29 is 14.3 Å². The van der Waals surface area contributed by atoms with Crippen LogP contribution < -0.4 is 5.32 Å². The molecule has 1 aromatic heterocycles. The quantitative estimate of drug-likeness (QED) is 0.652. The Labute approximate surface area is 139 Å². The van der Waals surface area contributed by atoms with Gasteiger partial charge in [0.2, 0.25) is 0 Å². The lowest BCUT2D eigenvalue weighted by Crippen LogP contribution is -2.30. The fourth-order valence-electron chi connectivity index (χ4n) is 2.01. The molecule has 0 saturated heterocycles. The summed E-state index contributed by atoms with van der Waals surface area (Å²) in [6.07, 6.45) is 3.02. The first kappa shape index (κ1) is 17.0. The van der Waals surface area contributed by atoms with Gasteiger partial charge in [-0.1, -0.05) is 30.3 Å². The van der Waals surface area contributed by atoms with Crippen LogP contribution in [0, 0.1) is 6.92 Å². The Bertz CT molecular complexity index is 692. The molecule has 1 amide bonds. The summed E-state index contributed by atoms with van der Waals surface area (Å²) in [5.41, 5.74) is 2.01. The van der Waals surface area contributed by atoms with Crippen LogP contribution in [0.5, 0.6) is 0 Å². The van der Waals surface area contributed by atoms with E-state index in [9.17, 15) is 9.59 Å². The SMILES string of the molecule is Cc1ccccc1/C=C/C(=O)OCC(=O)N[C@H](C)c1cccs1. The molecule has 0 aliphatic rings. The van der Waals surface area contributed by atoms with E-state index in [4.69, 9.17) is 4.74 Å². The van der Waals surface area contributed by atoms with Crippen molar-refractivity contribution in [1.82, 2.24) is 5.32 Å². The summed E-state index contributed by atoms with van der Waals surface area (Å²) in [5.74, 6) is -0.851. The minimum atomic E-state index is -0.535. The number of esters is 1. The summed E-state index contributed by atoms with van der Waals surface area (Å²) in [6.45, 7) is 3.57. The molecule has 5 heteroatoms. The van der Waals surface area contributed by atoms with Crippen LogP contribution in [0.1, 0.15) is 29.0 Å². The average molecular weight is 329 g/mol. The fourth-order valence-corrected chi connectivity index (χ4v) is 2.74. The standard InChI is InChI=1S/C18H19NO3S/c1-13-6-3-4-7-15(13)9-10-18(21)22-12-17(20)19-14(2)16-8-5-11-23-16/h3-11,14H,12H2,1-2H3,(H,19,20)/b10-9+/t14-/m1/s1. The molecule has 1 aromatic carbocycles. The zero-order valence-corrected chi connectivity index (χ0v) is 13.9. The molecule has 0 saturated carbocycles. The van der Waals surface area contributed by atoms with Crippen LogP contribution in [-0.4, -0.2) is 18.5 Å². The lowest BCUT2D eigenvalue weighted by molar-refractivity contribution is -0.144. The normalized spacial score (nSPS) is 12.1. The lowest BCUT2D eigenvalue weighted by atomic mass is 10.1. The van der Waals surface area contributed by atoms with Crippen LogP contribution in [0.4, 0.5) is 0 Å².